The Morgan fingerprint density at radius 3 is 2.90 bits per heavy atom. The Hall–Kier alpha value is -1.06. The van der Waals surface area contributed by atoms with Crippen molar-refractivity contribution >= 4 is 18.3 Å². The fourth-order valence-corrected chi connectivity index (χ4v) is 3.08. The van der Waals surface area contributed by atoms with Crippen LogP contribution in [0.4, 0.5) is 0 Å². The minimum atomic E-state index is 0. The molecular weight excluding hydrogens is 284 g/mol. The highest BCUT2D eigenvalue weighted by atomic mass is 35.5. The molecule has 1 aromatic rings. The average molecular weight is 311 g/mol. The van der Waals surface area contributed by atoms with E-state index in [1.54, 1.807) is 0 Å². The Bertz CT molecular complexity index is 448. The van der Waals surface area contributed by atoms with Crippen LogP contribution in [0.5, 0.6) is 0 Å². The topological polar surface area (TPSA) is 46.3 Å². The highest BCUT2D eigenvalue weighted by molar-refractivity contribution is 5.85. The monoisotopic (exact) mass is 310 g/mol. The average Bonchev–Trinajstić information content (AvgIpc) is 2.46. The molecule has 1 atom stereocenters. The molecule has 1 heterocycles. The minimum Gasteiger partial charge on any atom is -0.340 e. The van der Waals surface area contributed by atoms with Crippen molar-refractivity contribution in [2.24, 2.45) is 5.73 Å². The van der Waals surface area contributed by atoms with E-state index in [1.165, 1.54) is 17.5 Å². The summed E-state index contributed by atoms with van der Waals surface area (Å²) < 4.78 is 0. The fourth-order valence-electron chi connectivity index (χ4n) is 3.08. The van der Waals surface area contributed by atoms with Crippen LogP contribution in [-0.4, -0.2) is 29.9 Å². The fraction of sp³-hybridized carbons (Fsp3) is 0.588. The molecule has 1 aliphatic heterocycles. The summed E-state index contributed by atoms with van der Waals surface area (Å²) in [6.45, 7) is 3.68. The molecular formula is C17H27ClN2O. The third kappa shape index (κ3) is 5.33. The number of carbonyl (C=O) groups is 1. The smallest absolute Gasteiger partial charge is 0.223 e. The van der Waals surface area contributed by atoms with E-state index in [0.29, 0.717) is 24.9 Å². The number of halogens is 1. The van der Waals surface area contributed by atoms with Crippen molar-refractivity contribution < 1.29 is 4.79 Å². The van der Waals surface area contributed by atoms with Gasteiger partial charge in [0, 0.05) is 19.0 Å². The molecule has 4 heteroatoms. The lowest BCUT2D eigenvalue weighted by atomic mass is 9.98. The number of nitrogens with two attached hydrogens (primary N) is 1. The van der Waals surface area contributed by atoms with Crippen LogP contribution in [0.2, 0.25) is 0 Å². The molecule has 0 radical (unpaired) electrons. The number of likely N-dealkylation sites (tertiary alicyclic amines) is 1. The van der Waals surface area contributed by atoms with E-state index < -0.39 is 0 Å². The third-order valence-corrected chi connectivity index (χ3v) is 4.16. The molecule has 1 unspecified atom stereocenters. The number of amides is 1. The second kappa shape index (κ2) is 9.06. The zero-order chi connectivity index (χ0) is 14.4. The van der Waals surface area contributed by atoms with Crippen LogP contribution in [0, 0.1) is 6.92 Å². The number of aryl methyl sites for hydroxylation is 2. The molecule has 118 valence electrons. The first-order valence-electron chi connectivity index (χ1n) is 7.76. The van der Waals surface area contributed by atoms with Crippen molar-refractivity contribution in [3.05, 3.63) is 35.4 Å². The normalized spacial score (nSPS) is 18.2. The van der Waals surface area contributed by atoms with Gasteiger partial charge < -0.3 is 10.6 Å². The molecule has 2 rings (SSSR count). The Labute approximate surface area is 134 Å². The molecule has 0 spiro atoms. The van der Waals surface area contributed by atoms with Crippen LogP contribution in [0.15, 0.2) is 24.3 Å². The summed E-state index contributed by atoms with van der Waals surface area (Å²) >= 11 is 0. The lowest BCUT2D eigenvalue weighted by Gasteiger charge is -2.35. The molecule has 0 aromatic heterocycles. The number of benzene rings is 1. The van der Waals surface area contributed by atoms with E-state index in [4.69, 9.17) is 5.73 Å². The van der Waals surface area contributed by atoms with E-state index >= 15 is 0 Å². The first-order chi connectivity index (χ1) is 9.70. The molecule has 1 saturated heterocycles. The number of nitrogens with zero attached hydrogens (tertiary/aromatic N) is 1. The predicted octanol–water partition coefficient (Wildman–Crippen LogP) is 3.08. The summed E-state index contributed by atoms with van der Waals surface area (Å²) in [7, 11) is 0. The Balaban J connectivity index is 0.00000220. The molecule has 0 bridgehead atoms. The molecule has 2 N–H and O–H groups in total. The van der Waals surface area contributed by atoms with Crippen LogP contribution >= 0.6 is 12.4 Å². The molecule has 21 heavy (non-hydrogen) atoms. The van der Waals surface area contributed by atoms with E-state index in [-0.39, 0.29) is 12.4 Å². The van der Waals surface area contributed by atoms with Crippen molar-refractivity contribution in [3.63, 3.8) is 0 Å². The number of hydrogen-bond donors (Lipinski definition) is 1. The van der Waals surface area contributed by atoms with Gasteiger partial charge in [-0.2, -0.15) is 0 Å². The number of piperidine rings is 1. The SMILES string of the molecule is Cc1cccc(CCC(=O)N2CCCCC2CCN)c1.Cl. The van der Waals surface area contributed by atoms with Crippen LogP contribution in [0.3, 0.4) is 0 Å². The summed E-state index contributed by atoms with van der Waals surface area (Å²) in [4.78, 5) is 14.5. The van der Waals surface area contributed by atoms with Crippen molar-refractivity contribution in [2.45, 2.75) is 51.5 Å². The van der Waals surface area contributed by atoms with E-state index in [2.05, 4.69) is 36.1 Å². The zero-order valence-electron chi connectivity index (χ0n) is 12.9. The maximum Gasteiger partial charge on any atom is 0.223 e. The van der Waals surface area contributed by atoms with Gasteiger partial charge in [-0.05, 0) is 51.1 Å². The molecule has 1 fully saturated rings. The maximum absolute atomic E-state index is 12.4. The maximum atomic E-state index is 12.4. The molecule has 0 aliphatic carbocycles. The van der Waals surface area contributed by atoms with Crippen molar-refractivity contribution in [1.82, 2.24) is 4.90 Å². The second-order valence-corrected chi connectivity index (χ2v) is 5.80. The van der Waals surface area contributed by atoms with Gasteiger partial charge >= 0.3 is 0 Å². The minimum absolute atomic E-state index is 0. The largest absolute Gasteiger partial charge is 0.340 e. The van der Waals surface area contributed by atoms with Crippen LogP contribution in [0.1, 0.15) is 43.2 Å². The first-order valence-corrected chi connectivity index (χ1v) is 7.76. The summed E-state index contributed by atoms with van der Waals surface area (Å²) in [6.07, 6.45) is 5.88. The Kier molecular flexibility index (Phi) is 7.76. The molecule has 0 saturated carbocycles. The Morgan fingerprint density at radius 2 is 2.19 bits per heavy atom. The molecule has 1 aliphatic rings. The summed E-state index contributed by atoms with van der Waals surface area (Å²) in [5.74, 6) is 0.296. The van der Waals surface area contributed by atoms with E-state index in [9.17, 15) is 4.79 Å². The number of carbonyl (C=O) groups excluding carboxylic acids is 1. The lowest BCUT2D eigenvalue weighted by molar-refractivity contribution is -0.134. The van der Waals surface area contributed by atoms with E-state index in [1.807, 2.05) is 0 Å². The lowest BCUT2D eigenvalue weighted by Crippen LogP contribution is -2.44. The number of hydrogen-bond acceptors (Lipinski definition) is 2. The molecule has 1 amide bonds. The first kappa shape index (κ1) is 18.0. The summed E-state index contributed by atoms with van der Waals surface area (Å²) in [6, 6.07) is 8.80. The van der Waals surface area contributed by atoms with E-state index in [0.717, 1.165) is 32.2 Å². The standard InChI is InChI=1S/C17H26N2O.ClH/c1-14-5-4-6-15(13-14)8-9-17(20)19-12-3-2-7-16(19)10-11-18;/h4-6,13,16H,2-3,7-12,18H2,1H3;1H. The van der Waals surface area contributed by atoms with Gasteiger partial charge in [0.15, 0.2) is 0 Å². The van der Waals surface area contributed by atoms with Gasteiger partial charge in [-0.3, -0.25) is 4.79 Å². The van der Waals surface area contributed by atoms with Gasteiger partial charge in [-0.15, -0.1) is 12.4 Å². The summed E-state index contributed by atoms with van der Waals surface area (Å²) in [5, 5.41) is 0. The number of rotatable bonds is 5. The zero-order valence-corrected chi connectivity index (χ0v) is 13.7. The van der Waals surface area contributed by atoms with Gasteiger partial charge in [-0.25, -0.2) is 0 Å². The Morgan fingerprint density at radius 1 is 1.38 bits per heavy atom. The van der Waals surface area contributed by atoms with Crippen LogP contribution in [0.25, 0.3) is 0 Å². The van der Waals surface area contributed by atoms with Gasteiger partial charge in [0.25, 0.3) is 0 Å². The van der Waals surface area contributed by atoms with Crippen LogP contribution in [-0.2, 0) is 11.2 Å². The van der Waals surface area contributed by atoms with Gasteiger partial charge in [-0.1, -0.05) is 29.8 Å². The predicted molar refractivity (Wildman–Crippen MR) is 89.8 cm³/mol. The molecule has 1 aromatic carbocycles. The summed E-state index contributed by atoms with van der Waals surface area (Å²) in [5.41, 5.74) is 8.18. The highest BCUT2D eigenvalue weighted by Crippen LogP contribution is 2.20. The highest BCUT2D eigenvalue weighted by Gasteiger charge is 2.25. The molecule has 3 nitrogen and oxygen atoms in total. The van der Waals surface area contributed by atoms with Crippen molar-refractivity contribution in [3.8, 4) is 0 Å². The van der Waals surface area contributed by atoms with Gasteiger partial charge in [0.2, 0.25) is 5.91 Å². The quantitative estimate of drug-likeness (QED) is 0.908. The van der Waals surface area contributed by atoms with Crippen LogP contribution < -0.4 is 5.73 Å². The van der Waals surface area contributed by atoms with Gasteiger partial charge in [0.1, 0.15) is 0 Å². The van der Waals surface area contributed by atoms with Gasteiger partial charge in [0.05, 0.1) is 0 Å². The second-order valence-electron chi connectivity index (χ2n) is 5.80. The van der Waals surface area contributed by atoms with Crippen molar-refractivity contribution in [1.29, 1.82) is 0 Å². The van der Waals surface area contributed by atoms with Crippen molar-refractivity contribution in [2.75, 3.05) is 13.1 Å². The third-order valence-electron chi connectivity index (χ3n) is 4.16.